The van der Waals surface area contributed by atoms with Crippen LogP contribution in [-0.2, 0) is 11.0 Å². The monoisotopic (exact) mass is 447 g/mol. The van der Waals surface area contributed by atoms with E-state index in [1.165, 1.54) is 11.6 Å². The molecular formula is C23H24F3N3O3. The fourth-order valence-electron chi connectivity index (χ4n) is 3.55. The third kappa shape index (κ3) is 5.46. The highest BCUT2D eigenvalue weighted by Gasteiger charge is 2.34. The number of carbonyl (C=O) groups is 1. The first-order chi connectivity index (χ1) is 15.1. The molecule has 0 N–H and O–H groups in total. The van der Waals surface area contributed by atoms with E-state index < -0.39 is 22.4 Å². The van der Waals surface area contributed by atoms with E-state index in [1.54, 1.807) is 15.9 Å². The van der Waals surface area contributed by atoms with Gasteiger partial charge in [-0.2, -0.15) is 13.2 Å². The Morgan fingerprint density at radius 1 is 1.06 bits per heavy atom. The van der Waals surface area contributed by atoms with E-state index in [0.29, 0.717) is 25.1 Å². The second-order valence-electron chi connectivity index (χ2n) is 7.93. The molecule has 0 aliphatic carbocycles. The minimum atomic E-state index is -4.66. The zero-order valence-electron chi connectivity index (χ0n) is 17.8. The molecule has 32 heavy (non-hydrogen) atoms. The van der Waals surface area contributed by atoms with Crippen LogP contribution < -0.4 is 4.90 Å². The van der Waals surface area contributed by atoms with Gasteiger partial charge in [-0.1, -0.05) is 38.1 Å². The number of alkyl halides is 3. The number of nitro groups is 1. The molecule has 1 aliphatic rings. The first-order valence-corrected chi connectivity index (χ1v) is 10.2. The van der Waals surface area contributed by atoms with Crippen molar-refractivity contribution >= 4 is 23.4 Å². The fraction of sp³-hybridized carbons (Fsp3) is 0.348. The Morgan fingerprint density at radius 3 is 2.22 bits per heavy atom. The summed E-state index contributed by atoms with van der Waals surface area (Å²) in [6, 6.07) is 10.4. The van der Waals surface area contributed by atoms with Gasteiger partial charge in [-0.25, -0.2) is 0 Å². The van der Waals surface area contributed by atoms with Gasteiger partial charge in [0.25, 0.3) is 5.69 Å². The molecule has 2 aromatic rings. The molecule has 2 aromatic carbocycles. The highest BCUT2D eigenvalue weighted by molar-refractivity contribution is 5.92. The number of hydrogen-bond acceptors (Lipinski definition) is 4. The number of nitro benzene ring substituents is 1. The molecule has 170 valence electrons. The Labute approximate surface area is 184 Å². The molecule has 1 amide bonds. The second-order valence-corrected chi connectivity index (χ2v) is 7.93. The van der Waals surface area contributed by atoms with Crippen molar-refractivity contribution in [3.63, 3.8) is 0 Å². The minimum absolute atomic E-state index is 0.121. The number of piperazine rings is 1. The molecule has 3 rings (SSSR count). The molecule has 0 radical (unpaired) electrons. The molecule has 1 aliphatic heterocycles. The van der Waals surface area contributed by atoms with E-state index in [1.807, 2.05) is 24.3 Å². The molecule has 0 spiro atoms. The topological polar surface area (TPSA) is 66.7 Å². The van der Waals surface area contributed by atoms with Crippen LogP contribution in [0.5, 0.6) is 0 Å². The molecule has 0 aromatic heterocycles. The predicted molar refractivity (Wildman–Crippen MR) is 116 cm³/mol. The third-order valence-corrected chi connectivity index (χ3v) is 5.45. The molecule has 6 nitrogen and oxygen atoms in total. The number of benzene rings is 2. The fourth-order valence-corrected chi connectivity index (χ4v) is 3.55. The van der Waals surface area contributed by atoms with Crippen molar-refractivity contribution in [1.82, 2.24) is 4.90 Å². The molecule has 0 atom stereocenters. The van der Waals surface area contributed by atoms with Crippen LogP contribution in [0.4, 0.5) is 24.5 Å². The van der Waals surface area contributed by atoms with Crippen LogP contribution >= 0.6 is 0 Å². The summed E-state index contributed by atoms with van der Waals surface area (Å²) < 4.78 is 38.7. The average Bonchev–Trinajstić information content (AvgIpc) is 2.76. The van der Waals surface area contributed by atoms with Crippen molar-refractivity contribution < 1.29 is 22.9 Å². The summed E-state index contributed by atoms with van der Waals surface area (Å²) in [4.78, 5) is 26.3. The smallest absolute Gasteiger partial charge is 0.362 e. The van der Waals surface area contributed by atoms with Gasteiger partial charge in [-0.05, 0) is 35.3 Å². The SMILES string of the molecule is CC(C)c1ccc(C=CC(=O)N2CCN(c3ccc(C(F)(F)F)cc3[N+](=O)[O-])CC2)cc1. The maximum atomic E-state index is 12.9. The standard InChI is InChI=1S/C23H24F3N3O3/c1-16(2)18-6-3-17(4-7-18)5-10-22(30)28-13-11-27(12-14-28)20-9-8-19(23(24,25)26)15-21(20)29(31)32/h3-10,15-16H,11-14H2,1-2H3. The van der Waals surface area contributed by atoms with E-state index in [9.17, 15) is 28.1 Å². The van der Waals surface area contributed by atoms with Crippen LogP contribution in [0.15, 0.2) is 48.5 Å². The van der Waals surface area contributed by atoms with Crippen molar-refractivity contribution in [1.29, 1.82) is 0 Å². The lowest BCUT2D eigenvalue weighted by molar-refractivity contribution is -0.384. The Kier molecular flexibility index (Phi) is 6.86. The van der Waals surface area contributed by atoms with E-state index in [2.05, 4.69) is 13.8 Å². The van der Waals surface area contributed by atoms with Gasteiger partial charge in [-0.15, -0.1) is 0 Å². The number of amides is 1. The largest absolute Gasteiger partial charge is 0.416 e. The van der Waals surface area contributed by atoms with Crippen molar-refractivity contribution in [2.24, 2.45) is 0 Å². The van der Waals surface area contributed by atoms with Crippen LogP contribution in [0, 0.1) is 10.1 Å². The number of halogens is 3. The van der Waals surface area contributed by atoms with Gasteiger partial charge in [0, 0.05) is 38.3 Å². The highest BCUT2D eigenvalue weighted by Crippen LogP contribution is 2.36. The second kappa shape index (κ2) is 9.42. The van der Waals surface area contributed by atoms with Gasteiger partial charge in [-0.3, -0.25) is 14.9 Å². The Morgan fingerprint density at radius 2 is 1.69 bits per heavy atom. The lowest BCUT2D eigenvalue weighted by Gasteiger charge is -2.35. The van der Waals surface area contributed by atoms with Gasteiger partial charge >= 0.3 is 6.18 Å². The number of rotatable bonds is 5. The lowest BCUT2D eigenvalue weighted by Crippen LogP contribution is -2.48. The van der Waals surface area contributed by atoms with E-state index >= 15 is 0 Å². The molecule has 0 unspecified atom stereocenters. The van der Waals surface area contributed by atoms with Crippen LogP contribution in [0.2, 0.25) is 0 Å². The van der Waals surface area contributed by atoms with Gasteiger partial charge in [0.2, 0.25) is 5.91 Å². The van der Waals surface area contributed by atoms with Crippen LogP contribution in [-0.4, -0.2) is 41.9 Å². The van der Waals surface area contributed by atoms with Crippen LogP contribution in [0.25, 0.3) is 6.08 Å². The zero-order chi connectivity index (χ0) is 23.5. The maximum absolute atomic E-state index is 12.9. The molecule has 0 bridgehead atoms. The lowest BCUT2D eigenvalue weighted by atomic mass is 10.0. The molecule has 1 heterocycles. The first kappa shape index (κ1) is 23.3. The molecule has 0 saturated carbocycles. The van der Waals surface area contributed by atoms with E-state index in [-0.39, 0.29) is 24.7 Å². The summed E-state index contributed by atoms with van der Waals surface area (Å²) in [6.07, 6.45) is -1.43. The summed E-state index contributed by atoms with van der Waals surface area (Å²) in [6.45, 7) is 5.41. The summed E-state index contributed by atoms with van der Waals surface area (Å²) in [7, 11) is 0. The molecule has 1 saturated heterocycles. The highest BCUT2D eigenvalue weighted by atomic mass is 19.4. The molecule has 9 heteroatoms. The van der Waals surface area contributed by atoms with Crippen molar-refractivity contribution in [3.05, 3.63) is 75.3 Å². The van der Waals surface area contributed by atoms with Crippen LogP contribution in [0.3, 0.4) is 0 Å². The predicted octanol–water partition coefficient (Wildman–Crippen LogP) is 5.10. The normalized spacial score (nSPS) is 14.9. The van der Waals surface area contributed by atoms with Crippen molar-refractivity contribution in [2.45, 2.75) is 25.9 Å². The van der Waals surface area contributed by atoms with Gasteiger partial charge in [0.15, 0.2) is 0 Å². The van der Waals surface area contributed by atoms with Crippen molar-refractivity contribution in [3.8, 4) is 0 Å². The summed E-state index contributed by atoms with van der Waals surface area (Å²) >= 11 is 0. The number of carbonyl (C=O) groups excluding carboxylic acids is 1. The molecular weight excluding hydrogens is 423 g/mol. The van der Waals surface area contributed by atoms with E-state index in [4.69, 9.17) is 0 Å². The Bertz CT molecular complexity index is 1010. The average molecular weight is 447 g/mol. The van der Waals surface area contributed by atoms with Crippen LogP contribution in [0.1, 0.15) is 36.5 Å². The summed E-state index contributed by atoms with van der Waals surface area (Å²) in [5.74, 6) is 0.242. The minimum Gasteiger partial charge on any atom is -0.362 e. The zero-order valence-corrected chi connectivity index (χ0v) is 17.8. The number of anilines is 1. The summed E-state index contributed by atoms with van der Waals surface area (Å²) in [5, 5.41) is 11.3. The Hall–Kier alpha value is -3.36. The van der Waals surface area contributed by atoms with Gasteiger partial charge in [0.05, 0.1) is 10.5 Å². The number of nitrogens with zero attached hydrogens (tertiary/aromatic N) is 3. The van der Waals surface area contributed by atoms with Gasteiger partial charge in [0.1, 0.15) is 5.69 Å². The first-order valence-electron chi connectivity index (χ1n) is 10.2. The Balaban J connectivity index is 1.64. The number of hydrogen-bond donors (Lipinski definition) is 0. The quantitative estimate of drug-likeness (QED) is 0.363. The molecule has 1 fully saturated rings. The van der Waals surface area contributed by atoms with Gasteiger partial charge < -0.3 is 9.80 Å². The summed E-state index contributed by atoms with van der Waals surface area (Å²) in [5.41, 5.74) is 0.581. The maximum Gasteiger partial charge on any atom is 0.416 e. The third-order valence-electron chi connectivity index (χ3n) is 5.45. The van der Waals surface area contributed by atoms with E-state index in [0.717, 1.165) is 17.7 Å². The van der Waals surface area contributed by atoms with Crippen molar-refractivity contribution in [2.75, 3.05) is 31.1 Å².